The number of rotatable bonds is 4. The van der Waals surface area contributed by atoms with Gasteiger partial charge in [0.25, 0.3) is 5.82 Å². The molecule has 0 unspecified atom stereocenters. The maximum atomic E-state index is 9.64. The van der Waals surface area contributed by atoms with E-state index >= 15 is 0 Å². The molecule has 2 aliphatic carbocycles. The SMILES string of the molecule is [C-]#[N+]c1cc(-c2cccc(-c3cc4c(c5ccccc35)-c3c(cc(-c5cccc(-c6ccnc(C#N)c6)n5)c5ccccc35)C43c4ccccc4-c4ccccc43)n2)ccn1. The molecule has 12 rings (SSSR count). The van der Waals surface area contributed by atoms with E-state index in [4.69, 9.17) is 16.5 Å². The molecule has 0 atom stereocenters. The second-order valence-electron chi connectivity index (χ2n) is 15.5. The Kier molecular flexibility index (Phi) is 7.47. The van der Waals surface area contributed by atoms with Gasteiger partial charge in [0.2, 0.25) is 0 Å². The van der Waals surface area contributed by atoms with Gasteiger partial charge < -0.3 is 4.85 Å². The molecule has 0 N–H and O–H groups in total. The molecule has 6 nitrogen and oxygen atoms in total. The molecule has 0 amide bonds. The van der Waals surface area contributed by atoms with E-state index in [1.165, 1.54) is 44.5 Å². The Labute approximate surface area is 351 Å². The minimum atomic E-state index is -0.674. The van der Waals surface area contributed by atoms with E-state index in [9.17, 15) is 5.26 Å². The summed E-state index contributed by atoms with van der Waals surface area (Å²) < 4.78 is 0. The van der Waals surface area contributed by atoms with Crippen molar-refractivity contribution in [2.45, 2.75) is 5.41 Å². The summed E-state index contributed by atoms with van der Waals surface area (Å²) in [6.45, 7) is 7.58. The minimum Gasteiger partial charge on any atom is -0.361 e. The van der Waals surface area contributed by atoms with Crippen LogP contribution in [-0.2, 0) is 5.41 Å². The Morgan fingerprint density at radius 1 is 0.443 bits per heavy atom. The first kappa shape index (κ1) is 34.5. The predicted molar refractivity (Wildman–Crippen MR) is 242 cm³/mol. The molecule has 6 heteroatoms. The number of nitriles is 1. The lowest BCUT2D eigenvalue weighted by Gasteiger charge is -2.31. The third-order valence-corrected chi connectivity index (χ3v) is 12.5. The lowest BCUT2D eigenvalue weighted by atomic mass is 9.69. The fraction of sp³-hybridized carbons (Fsp3) is 0.0182. The number of benzene rings is 6. The number of aromatic nitrogens is 4. The van der Waals surface area contributed by atoms with Crippen LogP contribution >= 0.6 is 0 Å². The van der Waals surface area contributed by atoms with Crippen LogP contribution in [-0.4, -0.2) is 19.9 Å². The summed E-state index contributed by atoms with van der Waals surface area (Å²) in [5, 5.41) is 14.2. The molecule has 0 radical (unpaired) electrons. The van der Waals surface area contributed by atoms with E-state index < -0.39 is 5.41 Å². The fourth-order valence-corrected chi connectivity index (χ4v) is 10.0. The average molecular weight is 775 g/mol. The van der Waals surface area contributed by atoms with Gasteiger partial charge in [0.1, 0.15) is 18.0 Å². The maximum absolute atomic E-state index is 9.64. The first-order chi connectivity index (χ1) is 30.1. The lowest BCUT2D eigenvalue weighted by Crippen LogP contribution is -2.26. The number of hydrogen-bond acceptors (Lipinski definition) is 5. The second kappa shape index (κ2) is 13.2. The normalized spacial score (nSPS) is 12.7. The first-order valence-corrected chi connectivity index (χ1v) is 20.1. The van der Waals surface area contributed by atoms with Gasteiger partial charge in [0.05, 0.1) is 28.2 Å². The molecule has 4 heterocycles. The third-order valence-electron chi connectivity index (χ3n) is 12.5. The zero-order valence-electron chi connectivity index (χ0n) is 32.5. The summed E-state index contributed by atoms with van der Waals surface area (Å²) >= 11 is 0. The number of fused-ring (bicyclic) bond motifs is 14. The highest BCUT2D eigenvalue weighted by Crippen LogP contribution is 2.66. The van der Waals surface area contributed by atoms with E-state index in [1.807, 2.05) is 30.3 Å². The standard InChI is InChI=1S/C55H30N6/c1-57-52-29-34(25-27-59-52)49-21-11-23-51(61-49)43-31-47-54(41-17-5-3-13-37(41)43)53-40-16-4-2-12-36(40)42(50-22-10-20-48(60-50)33-24-26-58-35(28-33)32-56)30-46(53)55(47)44-18-8-6-14-38(44)39-15-7-9-19-45(39)55/h2-31H. The van der Waals surface area contributed by atoms with Crippen LogP contribution in [0.3, 0.4) is 0 Å². The zero-order valence-corrected chi connectivity index (χ0v) is 32.5. The van der Waals surface area contributed by atoms with Crippen molar-refractivity contribution < 1.29 is 0 Å². The zero-order chi connectivity index (χ0) is 40.7. The molecule has 0 bridgehead atoms. The highest BCUT2D eigenvalue weighted by Gasteiger charge is 2.53. The van der Waals surface area contributed by atoms with Gasteiger partial charge in [0.15, 0.2) is 0 Å². The van der Waals surface area contributed by atoms with E-state index in [2.05, 4.69) is 148 Å². The first-order valence-electron chi connectivity index (χ1n) is 20.1. The molecule has 10 aromatic rings. The molecule has 280 valence electrons. The summed E-state index contributed by atoms with van der Waals surface area (Å²) in [4.78, 5) is 22.6. The van der Waals surface area contributed by atoms with Crippen LogP contribution in [0, 0.1) is 17.9 Å². The van der Waals surface area contributed by atoms with Crippen LogP contribution in [0.1, 0.15) is 27.9 Å². The van der Waals surface area contributed by atoms with Gasteiger partial charge in [-0.1, -0.05) is 116 Å². The molecule has 0 aliphatic heterocycles. The monoisotopic (exact) mass is 774 g/mol. The van der Waals surface area contributed by atoms with Gasteiger partial charge >= 0.3 is 0 Å². The van der Waals surface area contributed by atoms with E-state index in [-0.39, 0.29) is 0 Å². The van der Waals surface area contributed by atoms with Crippen molar-refractivity contribution in [2.75, 3.05) is 0 Å². The van der Waals surface area contributed by atoms with Gasteiger partial charge in [-0.2, -0.15) is 5.26 Å². The Hall–Kier alpha value is -8.58. The molecule has 61 heavy (non-hydrogen) atoms. The average Bonchev–Trinajstić information content (AvgIpc) is 3.81. The summed E-state index contributed by atoms with van der Waals surface area (Å²) in [7, 11) is 0. The summed E-state index contributed by atoms with van der Waals surface area (Å²) in [6, 6.07) is 61.9. The molecule has 4 aromatic heterocycles. The van der Waals surface area contributed by atoms with Crippen LogP contribution in [0.25, 0.3) is 93.7 Å². The molecule has 0 fully saturated rings. The highest BCUT2D eigenvalue weighted by molar-refractivity contribution is 6.18. The van der Waals surface area contributed by atoms with Crippen LogP contribution in [0.4, 0.5) is 5.82 Å². The van der Waals surface area contributed by atoms with Crippen LogP contribution in [0.5, 0.6) is 0 Å². The van der Waals surface area contributed by atoms with Crippen molar-refractivity contribution in [1.29, 1.82) is 5.26 Å². The topological polar surface area (TPSA) is 79.7 Å². The molecule has 2 aliphatic rings. The predicted octanol–water partition coefficient (Wildman–Crippen LogP) is 13.0. The Balaban J connectivity index is 1.20. The Morgan fingerprint density at radius 2 is 0.918 bits per heavy atom. The number of nitrogens with zero attached hydrogens (tertiary/aromatic N) is 6. The van der Waals surface area contributed by atoms with Crippen molar-refractivity contribution in [3.8, 4) is 73.4 Å². The van der Waals surface area contributed by atoms with Crippen molar-refractivity contribution in [1.82, 2.24) is 19.9 Å². The van der Waals surface area contributed by atoms with Crippen molar-refractivity contribution in [2.24, 2.45) is 0 Å². The van der Waals surface area contributed by atoms with Crippen LogP contribution in [0.2, 0.25) is 0 Å². The smallest absolute Gasteiger partial charge is 0.270 e. The third kappa shape index (κ3) is 4.94. The Bertz CT molecular complexity index is 3350. The van der Waals surface area contributed by atoms with E-state index in [1.54, 1.807) is 24.5 Å². The highest BCUT2D eigenvalue weighted by atomic mass is 14.9. The largest absolute Gasteiger partial charge is 0.361 e. The van der Waals surface area contributed by atoms with E-state index in [0.29, 0.717) is 11.5 Å². The van der Waals surface area contributed by atoms with Gasteiger partial charge in [-0.05, 0) is 132 Å². The van der Waals surface area contributed by atoms with Gasteiger partial charge in [-0.25, -0.2) is 15.0 Å². The maximum Gasteiger partial charge on any atom is 0.270 e. The number of pyridine rings is 4. The Morgan fingerprint density at radius 3 is 1.46 bits per heavy atom. The molecule has 0 saturated carbocycles. The molecule has 6 aromatic carbocycles. The summed E-state index contributed by atoms with van der Waals surface area (Å²) in [6.07, 6.45) is 3.34. The minimum absolute atomic E-state index is 0.338. The van der Waals surface area contributed by atoms with Gasteiger partial charge in [0, 0.05) is 22.9 Å². The fourth-order valence-electron chi connectivity index (χ4n) is 10.0. The lowest BCUT2D eigenvalue weighted by molar-refractivity contribution is 0.795. The van der Waals surface area contributed by atoms with Crippen molar-refractivity contribution >= 4 is 27.4 Å². The molecular weight excluding hydrogens is 745 g/mol. The van der Waals surface area contributed by atoms with Gasteiger partial charge in [-0.3, -0.25) is 0 Å². The summed E-state index contributed by atoms with van der Waals surface area (Å²) in [5.41, 5.74) is 16.5. The quantitative estimate of drug-likeness (QED) is 0.166. The molecule has 1 spiro atoms. The summed E-state index contributed by atoms with van der Waals surface area (Å²) in [5.74, 6) is 0.338. The van der Waals surface area contributed by atoms with Crippen molar-refractivity contribution in [3.63, 3.8) is 0 Å². The van der Waals surface area contributed by atoms with Crippen LogP contribution < -0.4 is 0 Å². The molecule has 0 saturated heterocycles. The van der Waals surface area contributed by atoms with E-state index in [0.717, 1.165) is 66.6 Å². The van der Waals surface area contributed by atoms with Crippen molar-refractivity contribution in [3.05, 3.63) is 222 Å². The number of hydrogen-bond donors (Lipinski definition) is 0. The van der Waals surface area contributed by atoms with Crippen LogP contribution in [0.15, 0.2) is 182 Å². The molecular formula is C55H30N6. The second-order valence-corrected chi connectivity index (χ2v) is 15.5. The van der Waals surface area contributed by atoms with Gasteiger partial charge in [-0.15, -0.1) is 4.98 Å².